The van der Waals surface area contributed by atoms with E-state index in [0.717, 1.165) is 18.5 Å². The van der Waals surface area contributed by atoms with Crippen LogP contribution >= 0.6 is 0 Å². The third-order valence-corrected chi connectivity index (χ3v) is 4.46. The van der Waals surface area contributed by atoms with Gasteiger partial charge in [-0.25, -0.2) is 9.59 Å². The van der Waals surface area contributed by atoms with Crippen LogP contribution < -0.4 is 16.4 Å². The maximum absolute atomic E-state index is 12.2. The van der Waals surface area contributed by atoms with E-state index in [2.05, 4.69) is 24.5 Å². The highest BCUT2D eigenvalue weighted by molar-refractivity contribution is 5.89. The summed E-state index contributed by atoms with van der Waals surface area (Å²) in [5, 5.41) is 13.0. The Morgan fingerprint density at radius 2 is 1.68 bits per heavy atom. The van der Waals surface area contributed by atoms with E-state index >= 15 is 0 Å². The zero-order valence-corrected chi connectivity index (χ0v) is 17.5. The molecule has 1 aliphatic heterocycles. The molecule has 1 heterocycles. The first kappa shape index (κ1) is 26.2. The average Bonchev–Trinajstić information content (AvgIpc) is 2.68. The predicted molar refractivity (Wildman–Crippen MR) is 109 cm³/mol. The number of nitrogens with one attached hydrogen (secondary N) is 2. The Labute approximate surface area is 179 Å². The van der Waals surface area contributed by atoms with Gasteiger partial charge in [0.2, 0.25) is 5.91 Å². The van der Waals surface area contributed by atoms with Gasteiger partial charge in [-0.05, 0) is 37.3 Å². The summed E-state index contributed by atoms with van der Waals surface area (Å²) in [5.41, 5.74) is 6.70. The number of hydrogen-bond donors (Lipinski definition) is 4. The molecule has 1 aromatic carbocycles. The molecule has 0 aliphatic carbocycles. The standard InChI is InChI=1S/C18H28N4O2.C2HF3O2/c1-13(2)12-16(19)17(23)20-15-8-10-22(11-9-15)18(24)21-14-6-4-3-5-7-14;3-2(4,5)1(6)7/h3-7,13,15-16H,8-12,19H2,1-2H3,(H,20,23)(H,21,24);(H,6,7)/t16-;/m1./s1. The Balaban J connectivity index is 0.000000592. The minimum Gasteiger partial charge on any atom is -0.475 e. The Kier molecular flexibility index (Phi) is 10.3. The third kappa shape index (κ3) is 10.2. The van der Waals surface area contributed by atoms with Crippen LogP contribution in [-0.4, -0.2) is 59.3 Å². The number of carboxylic acid groups (broad SMARTS) is 1. The lowest BCUT2D eigenvalue weighted by Gasteiger charge is -2.33. The minimum absolute atomic E-state index is 0.0871. The number of alkyl halides is 3. The fourth-order valence-electron chi connectivity index (χ4n) is 2.87. The summed E-state index contributed by atoms with van der Waals surface area (Å²) in [7, 11) is 0. The summed E-state index contributed by atoms with van der Waals surface area (Å²) in [5.74, 6) is -2.45. The molecule has 0 radical (unpaired) electrons. The fourth-order valence-corrected chi connectivity index (χ4v) is 2.87. The molecular formula is C20H29F3N4O4. The lowest BCUT2D eigenvalue weighted by Crippen LogP contribution is -2.51. The van der Waals surface area contributed by atoms with Crippen LogP contribution in [0.25, 0.3) is 0 Å². The van der Waals surface area contributed by atoms with Crippen LogP contribution in [0.1, 0.15) is 33.1 Å². The number of piperidine rings is 1. The van der Waals surface area contributed by atoms with E-state index in [0.29, 0.717) is 25.4 Å². The molecule has 1 aliphatic rings. The lowest BCUT2D eigenvalue weighted by atomic mass is 10.0. The normalized spacial score (nSPS) is 15.5. The molecule has 174 valence electrons. The molecule has 0 bridgehead atoms. The monoisotopic (exact) mass is 446 g/mol. The van der Waals surface area contributed by atoms with Gasteiger partial charge in [0.05, 0.1) is 6.04 Å². The van der Waals surface area contributed by atoms with Crippen molar-refractivity contribution in [2.75, 3.05) is 18.4 Å². The molecule has 2 rings (SSSR count). The lowest BCUT2D eigenvalue weighted by molar-refractivity contribution is -0.192. The number of nitrogens with two attached hydrogens (primary N) is 1. The van der Waals surface area contributed by atoms with Crippen molar-refractivity contribution in [3.8, 4) is 0 Å². The van der Waals surface area contributed by atoms with Crippen molar-refractivity contribution in [2.24, 2.45) is 11.7 Å². The highest BCUT2D eigenvalue weighted by Crippen LogP contribution is 2.14. The van der Waals surface area contributed by atoms with E-state index in [1.165, 1.54) is 0 Å². The number of anilines is 1. The summed E-state index contributed by atoms with van der Waals surface area (Å²) in [4.78, 5) is 35.0. The molecule has 11 heteroatoms. The predicted octanol–water partition coefficient (Wildman–Crippen LogP) is 2.81. The largest absolute Gasteiger partial charge is 0.490 e. The number of rotatable bonds is 5. The number of aliphatic carboxylic acids is 1. The number of para-hydroxylation sites is 1. The summed E-state index contributed by atoms with van der Waals surface area (Å²) in [6.45, 7) is 5.36. The maximum atomic E-state index is 12.2. The van der Waals surface area contributed by atoms with Gasteiger partial charge < -0.3 is 26.4 Å². The van der Waals surface area contributed by atoms with Crippen molar-refractivity contribution in [1.29, 1.82) is 0 Å². The highest BCUT2D eigenvalue weighted by Gasteiger charge is 2.38. The number of likely N-dealkylation sites (tertiary alicyclic amines) is 1. The number of halogens is 3. The molecule has 31 heavy (non-hydrogen) atoms. The molecule has 1 atom stereocenters. The number of amides is 3. The van der Waals surface area contributed by atoms with Crippen LogP contribution in [0.2, 0.25) is 0 Å². The van der Waals surface area contributed by atoms with E-state index in [1.807, 2.05) is 30.3 Å². The summed E-state index contributed by atoms with van der Waals surface area (Å²) in [6.07, 6.45) is -2.89. The molecular weight excluding hydrogens is 417 g/mol. The molecule has 5 N–H and O–H groups in total. The SMILES string of the molecule is CC(C)C[C@@H](N)C(=O)NC1CCN(C(=O)Nc2ccccc2)CC1.O=C(O)C(F)(F)F. The van der Waals surface area contributed by atoms with Gasteiger partial charge in [-0.3, -0.25) is 4.79 Å². The number of carbonyl (C=O) groups excluding carboxylic acids is 2. The second kappa shape index (κ2) is 12.1. The van der Waals surface area contributed by atoms with Gasteiger partial charge in [0.15, 0.2) is 0 Å². The molecule has 1 aromatic rings. The Bertz CT molecular complexity index is 721. The number of benzene rings is 1. The van der Waals surface area contributed by atoms with Crippen molar-refractivity contribution in [3.05, 3.63) is 30.3 Å². The molecule has 1 saturated heterocycles. The topological polar surface area (TPSA) is 125 Å². The van der Waals surface area contributed by atoms with Gasteiger partial charge in [0.25, 0.3) is 0 Å². The second-order valence-electron chi connectivity index (χ2n) is 7.61. The van der Waals surface area contributed by atoms with Gasteiger partial charge in [-0.15, -0.1) is 0 Å². The van der Waals surface area contributed by atoms with Crippen LogP contribution in [0, 0.1) is 5.92 Å². The molecule has 0 unspecified atom stereocenters. The maximum Gasteiger partial charge on any atom is 0.490 e. The van der Waals surface area contributed by atoms with E-state index in [1.54, 1.807) is 4.90 Å². The first-order valence-electron chi connectivity index (χ1n) is 9.87. The first-order valence-corrected chi connectivity index (χ1v) is 9.87. The fraction of sp³-hybridized carbons (Fsp3) is 0.550. The highest BCUT2D eigenvalue weighted by atomic mass is 19.4. The van der Waals surface area contributed by atoms with E-state index < -0.39 is 18.2 Å². The molecule has 1 fully saturated rings. The minimum atomic E-state index is -5.08. The summed E-state index contributed by atoms with van der Waals surface area (Å²) < 4.78 is 31.7. The molecule has 8 nitrogen and oxygen atoms in total. The first-order chi connectivity index (χ1) is 14.4. The van der Waals surface area contributed by atoms with Crippen LogP contribution in [0.3, 0.4) is 0 Å². The number of hydrogen-bond acceptors (Lipinski definition) is 4. The molecule has 0 saturated carbocycles. The van der Waals surface area contributed by atoms with Crippen LogP contribution in [0.5, 0.6) is 0 Å². The van der Waals surface area contributed by atoms with Crippen molar-refractivity contribution in [2.45, 2.75) is 51.4 Å². The third-order valence-electron chi connectivity index (χ3n) is 4.46. The number of carbonyl (C=O) groups is 3. The van der Waals surface area contributed by atoms with E-state index in [9.17, 15) is 22.8 Å². The quantitative estimate of drug-likeness (QED) is 0.554. The van der Waals surface area contributed by atoms with Crippen LogP contribution in [-0.2, 0) is 9.59 Å². The zero-order chi connectivity index (χ0) is 23.6. The average molecular weight is 446 g/mol. The number of carboxylic acids is 1. The summed E-state index contributed by atoms with van der Waals surface area (Å²) in [6, 6.07) is 8.95. The van der Waals surface area contributed by atoms with Crippen molar-refractivity contribution >= 4 is 23.6 Å². The van der Waals surface area contributed by atoms with Gasteiger partial charge in [0, 0.05) is 24.8 Å². The van der Waals surface area contributed by atoms with Crippen LogP contribution in [0.15, 0.2) is 30.3 Å². The number of urea groups is 1. The van der Waals surface area contributed by atoms with Gasteiger partial charge in [-0.1, -0.05) is 32.0 Å². The Morgan fingerprint density at radius 3 is 2.13 bits per heavy atom. The van der Waals surface area contributed by atoms with E-state index in [4.69, 9.17) is 15.6 Å². The van der Waals surface area contributed by atoms with E-state index in [-0.39, 0.29) is 18.0 Å². The number of nitrogens with zero attached hydrogens (tertiary/aromatic N) is 1. The Morgan fingerprint density at radius 1 is 1.16 bits per heavy atom. The molecule has 0 aromatic heterocycles. The van der Waals surface area contributed by atoms with Crippen LogP contribution in [0.4, 0.5) is 23.7 Å². The molecule has 0 spiro atoms. The Hall–Kier alpha value is -2.82. The van der Waals surface area contributed by atoms with Gasteiger partial charge >= 0.3 is 18.2 Å². The zero-order valence-electron chi connectivity index (χ0n) is 17.5. The van der Waals surface area contributed by atoms with Crippen molar-refractivity contribution < 1.29 is 32.7 Å². The van der Waals surface area contributed by atoms with Crippen molar-refractivity contribution in [1.82, 2.24) is 10.2 Å². The van der Waals surface area contributed by atoms with Gasteiger partial charge in [0.1, 0.15) is 0 Å². The van der Waals surface area contributed by atoms with Gasteiger partial charge in [-0.2, -0.15) is 13.2 Å². The summed E-state index contributed by atoms with van der Waals surface area (Å²) >= 11 is 0. The van der Waals surface area contributed by atoms with Crippen molar-refractivity contribution in [3.63, 3.8) is 0 Å². The smallest absolute Gasteiger partial charge is 0.475 e. The molecule has 3 amide bonds. The second-order valence-corrected chi connectivity index (χ2v) is 7.61.